The second-order valence-electron chi connectivity index (χ2n) is 13.2. The van der Waals surface area contributed by atoms with Crippen LogP contribution in [0.2, 0.25) is 0 Å². The number of hydrogen-bond donors (Lipinski definition) is 0. The third kappa shape index (κ3) is 4.83. The van der Waals surface area contributed by atoms with Gasteiger partial charge in [0.25, 0.3) is 0 Å². The lowest BCUT2D eigenvalue weighted by atomic mass is 9.97. The van der Waals surface area contributed by atoms with Crippen LogP contribution in [0.25, 0.3) is 105 Å². The Bertz CT molecular complexity index is 3530. The molecule has 8 aromatic carbocycles. The van der Waals surface area contributed by atoms with Crippen molar-refractivity contribution in [2.24, 2.45) is 0 Å². The van der Waals surface area contributed by atoms with Crippen LogP contribution in [0.4, 0.5) is 0 Å². The lowest BCUT2D eigenvalue weighted by Crippen LogP contribution is -2.02. The minimum absolute atomic E-state index is 0.0188. The molecule has 0 bridgehead atoms. The summed E-state index contributed by atoms with van der Waals surface area (Å²) in [5.74, 6) is 1.32. The first-order valence-corrected chi connectivity index (χ1v) is 17.6. The van der Waals surface area contributed by atoms with Crippen molar-refractivity contribution in [2.75, 3.05) is 0 Å². The standard InChI is InChI=1S/C49H30N4O/c1-2-14-32(15-3-1)47-50-48(34-26-25-31-13-4-5-16-33(31)29-34)52-49(51-47)35-27-28-44(53-42-22-9-6-17-36(42)37-18-7-10-23-43(37)53)41(30-35)40-21-12-20-39-38-19-8-11-24-45(38)54-46(39)40/h1-30H/i8D,12D,19D,20D,21D,24D. The molecule has 11 rings (SSSR count). The number of furan rings is 1. The Morgan fingerprint density at radius 1 is 0.444 bits per heavy atom. The van der Waals surface area contributed by atoms with Crippen LogP contribution in [0.5, 0.6) is 0 Å². The summed E-state index contributed by atoms with van der Waals surface area (Å²) in [4.78, 5) is 15.1. The molecule has 0 atom stereocenters. The molecule has 5 heteroatoms. The van der Waals surface area contributed by atoms with Gasteiger partial charge in [0.15, 0.2) is 17.5 Å². The Balaban J connectivity index is 1.25. The van der Waals surface area contributed by atoms with Gasteiger partial charge in [0.05, 0.1) is 24.9 Å². The van der Waals surface area contributed by atoms with Crippen molar-refractivity contribution in [1.82, 2.24) is 19.5 Å². The summed E-state index contributed by atoms with van der Waals surface area (Å²) in [6.07, 6.45) is 0. The van der Waals surface area contributed by atoms with Crippen molar-refractivity contribution in [3.8, 4) is 51.0 Å². The van der Waals surface area contributed by atoms with E-state index in [2.05, 4.69) is 34.9 Å². The van der Waals surface area contributed by atoms with Gasteiger partial charge in [-0.05, 0) is 53.2 Å². The van der Waals surface area contributed by atoms with E-state index in [1.807, 2.05) is 109 Å². The molecule has 0 saturated carbocycles. The molecule has 11 aromatic rings. The summed E-state index contributed by atoms with van der Waals surface area (Å²) in [5, 5.41) is 4.39. The molecule has 0 aliphatic heterocycles. The summed E-state index contributed by atoms with van der Waals surface area (Å²) in [6, 6.07) is 45.6. The Morgan fingerprint density at radius 3 is 1.85 bits per heavy atom. The van der Waals surface area contributed by atoms with Crippen LogP contribution in [0, 0.1) is 0 Å². The summed E-state index contributed by atoms with van der Waals surface area (Å²) in [5.41, 5.74) is 5.49. The summed E-state index contributed by atoms with van der Waals surface area (Å²) in [7, 11) is 0. The zero-order valence-corrected chi connectivity index (χ0v) is 28.6. The van der Waals surface area contributed by atoms with E-state index in [-0.39, 0.29) is 63.8 Å². The normalized spacial score (nSPS) is 13.3. The maximum absolute atomic E-state index is 9.51. The molecule has 3 heterocycles. The molecule has 0 unspecified atom stereocenters. The number of fused-ring (bicyclic) bond motifs is 7. The average molecular weight is 697 g/mol. The van der Waals surface area contributed by atoms with Crippen molar-refractivity contribution in [1.29, 1.82) is 0 Å². The average Bonchev–Trinajstić information content (AvgIpc) is 3.85. The zero-order chi connectivity index (χ0) is 40.8. The predicted octanol–water partition coefficient (Wildman–Crippen LogP) is 12.7. The molecular formula is C49H30N4O. The Labute approximate surface area is 318 Å². The van der Waals surface area contributed by atoms with Crippen LogP contribution >= 0.6 is 0 Å². The molecule has 0 aliphatic rings. The van der Waals surface area contributed by atoms with E-state index < -0.39 is 0 Å². The van der Waals surface area contributed by atoms with Gasteiger partial charge in [-0.2, -0.15) is 0 Å². The van der Waals surface area contributed by atoms with Crippen LogP contribution in [-0.2, 0) is 0 Å². The van der Waals surface area contributed by atoms with Crippen molar-refractivity contribution in [3.05, 3.63) is 182 Å². The van der Waals surface area contributed by atoms with Crippen molar-refractivity contribution >= 4 is 54.5 Å². The molecule has 0 saturated heterocycles. The van der Waals surface area contributed by atoms with Crippen LogP contribution in [0.1, 0.15) is 8.22 Å². The minimum atomic E-state index is -0.370. The Hall–Kier alpha value is -7.37. The van der Waals surface area contributed by atoms with Gasteiger partial charge in [0.1, 0.15) is 11.2 Å². The number of hydrogen-bond acceptors (Lipinski definition) is 4. The van der Waals surface area contributed by atoms with Gasteiger partial charge >= 0.3 is 0 Å². The molecule has 54 heavy (non-hydrogen) atoms. The SMILES string of the molecule is [2H]c1cc([2H])c2oc3c(-c4cc(-c5nc(-c6ccccc6)nc(-c6ccc7ccccc7c6)n5)ccc4-n4c5ccccc5c5ccccc54)c([2H])c([2H])c([2H])c3c2c1[2H]. The number of nitrogens with zero attached hydrogens (tertiary/aromatic N) is 4. The monoisotopic (exact) mass is 696 g/mol. The van der Waals surface area contributed by atoms with Crippen LogP contribution in [0.15, 0.2) is 186 Å². The number of para-hydroxylation sites is 4. The molecule has 0 radical (unpaired) electrons. The number of aromatic nitrogens is 4. The highest BCUT2D eigenvalue weighted by Crippen LogP contribution is 2.42. The predicted molar refractivity (Wildman–Crippen MR) is 221 cm³/mol. The summed E-state index contributed by atoms with van der Waals surface area (Å²) >= 11 is 0. The lowest BCUT2D eigenvalue weighted by Gasteiger charge is -2.16. The smallest absolute Gasteiger partial charge is 0.164 e. The fraction of sp³-hybridized carbons (Fsp3) is 0. The second kappa shape index (κ2) is 12.1. The first-order chi connectivity index (χ1) is 29.2. The minimum Gasteiger partial charge on any atom is -0.455 e. The van der Waals surface area contributed by atoms with Gasteiger partial charge < -0.3 is 8.98 Å². The van der Waals surface area contributed by atoms with E-state index in [9.17, 15) is 1.37 Å². The molecule has 5 nitrogen and oxygen atoms in total. The molecular weight excluding hydrogens is 661 g/mol. The van der Waals surface area contributed by atoms with Crippen LogP contribution < -0.4 is 0 Å². The van der Waals surface area contributed by atoms with Gasteiger partial charge in [-0.25, -0.2) is 15.0 Å². The Morgan fingerprint density at radius 2 is 1.07 bits per heavy atom. The largest absolute Gasteiger partial charge is 0.455 e. The quantitative estimate of drug-likeness (QED) is 0.180. The third-order valence-corrected chi connectivity index (χ3v) is 10.0. The first-order valence-electron chi connectivity index (χ1n) is 20.6. The highest BCUT2D eigenvalue weighted by atomic mass is 16.3. The first kappa shape index (κ1) is 24.8. The van der Waals surface area contributed by atoms with Gasteiger partial charge in [-0.3, -0.25) is 0 Å². The molecule has 0 fully saturated rings. The second-order valence-corrected chi connectivity index (χ2v) is 13.2. The highest BCUT2D eigenvalue weighted by molar-refractivity contribution is 6.12. The fourth-order valence-electron chi connectivity index (χ4n) is 7.49. The van der Waals surface area contributed by atoms with Gasteiger partial charge in [0, 0.05) is 49.4 Å². The van der Waals surface area contributed by atoms with Gasteiger partial charge in [0.2, 0.25) is 0 Å². The van der Waals surface area contributed by atoms with E-state index >= 15 is 0 Å². The maximum atomic E-state index is 9.51. The van der Waals surface area contributed by atoms with E-state index in [0.29, 0.717) is 34.3 Å². The summed E-state index contributed by atoms with van der Waals surface area (Å²) in [6.45, 7) is 0. The molecule has 252 valence electrons. The molecule has 3 aromatic heterocycles. The topological polar surface area (TPSA) is 56.7 Å². The lowest BCUT2D eigenvalue weighted by molar-refractivity contribution is 0.670. The molecule has 0 aliphatic carbocycles. The summed E-state index contributed by atoms with van der Waals surface area (Å²) < 4.78 is 62.2. The van der Waals surface area contributed by atoms with Crippen LogP contribution in [0.3, 0.4) is 0 Å². The van der Waals surface area contributed by atoms with E-state index in [0.717, 1.165) is 43.7 Å². The van der Waals surface area contributed by atoms with E-state index in [4.69, 9.17) is 26.2 Å². The van der Waals surface area contributed by atoms with E-state index in [1.165, 1.54) is 6.07 Å². The van der Waals surface area contributed by atoms with Crippen molar-refractivity contribution < 1.29 is 12.6 Å². The number of benzene rings is 8. The van der Waals surface area contributed by atoms with Gasteiger partial charge in [-0.15, -0.1) is 0 Å². The van der Waals surface area contributed by atoms with Gasteiger partial charge in [-0.1, -0.05) is 139 Å². The molecule has 0 N–H and O–H groups in total. The fourth-order valence-corrected chi connectivity index (χ4v) is 7.49. The molecule has 0 amide bonds. The molecule has 0 spiro atoms. The van der Waals surface area contributed by atoms with Crippen molar-refractivity contribution in [3.63, 3.8) is 0 Å². The van der Waals surface area contributed by atoms with Crippen LogP contribution in [-0.4, -0.2) is 19.5 Å². The zero-order valence-electron chi connectivity index (χ0n) is 34.6. The van der Waals surface area contributed by atoms with E-state index in [1.54, 1.807) is 0 Å². The number of rotatable bonds is 5. The van der Waals surface area contributed by atoms with Crippen molar-refractivity contribution in [2.45, 2.75) is 0 Å². The highest BCUT2D eigenvalue weighted by Gasteiger charge is 2.21. The Kier molecular flexibility index (Phi) is 5.55. The third-order valence-electron chi connectivity index (χ3n) is 10.0. The maximum Gasteiger partial charge on any atom is 0.164 e.